The molecule has 1 aromatic heterocycles. The molecule has 1 amide bonds. The first-order chi connectivity index (χ1) is 9.61. The topological polar surface area (TPSA) is 86.1 Å². The van der Waals surface area contributed by atoms with Crippen molar-refractivity contribution in [2.45, 2.75) is 59.2 Å². The number of esters is 1. The van der Waals surface area contributed by atoms with E-state index in [1.807, 2.05) is 13.8 Å². The SMILES string of the molecule is CC(C)[C@@H](NC(=O)C(C)n1cncn1)C(=O)OC(C)(C)C. The van der Waals surface area contributed by atoms with Gasteiger partial charge in [-0.25, -0.2) is 14.5 Å². The molecule has 0 aliphatic carbocycles. The first-order valence-electron chi connectivity index (χ1n) is 6.99. The molecular weight excluding hydrogens is 272 g/mol. The summed E-state index contributed by atoms with van der Waals surface area (Å²) in [5, 5.41) is 6.65. The van der Waals surface area contributed by atoms with E-state index in [1.54, 1.807) is 27.7 Å². The molecule has 0 spiro atoms. The van der Waals surface area contributed by atoms with Gasteiger partial charge in [-0.15, -0.1) is 0 Å². The highest BCUT2D eigenvalue weighted by atomic mass is 16.6. The Bertz CT molecular complexity index is 477. The van der Waals surface area contributed by atoms with Crippen molar-refractivity contribution in [1.29, 1.82) is 0 Å². The second-order valence-electron chi connectivity index (χ2n) is 6.32. The van der Waals surface area contributed by atoms with Gasteiger partial charge >= 0.3 is 5.97 Å². The van der Waals surface area contributed by atoms with Crippen molar-refractivity contribution in [1.82, 2.24) is 20.1 Å². The lowest BCUT2D eigenvalue weighted by Crippen LogP contribution is -2.49. The van der Waals surface area contributed by atoms with E-state index in [1.165, 1.54) is 17.3 Å². The van der Waals surface area contributed by atoms with Gasteiger partial charge in [0.2, 0.25) is 5.91 Å². The second-order valence-corrected chi connectivity index (χ2v) is 6.32. The lowest BCUT2D eigenvalue weighted by molar-refractivity contribution is -0.160. The molecule has 1 heterocycles. The zero-order chi connectivity index (χ0) is 16.2. The van der Waals surface area contributed by atoms with Gasteiger partial charge in [0, 0.05) is 0 Å². The fourth-order valence-electron chi connectivity index (χ4n) is 1.67. The Morgan fingerprint density at radius 3 is 2.29 bits per heavy atom. The highest BCUT2D eigenvalue weighted by Crippen LogP contribution is 2.13. The third kappa shape index (κ3) is 5.17. The van der Waals surface area contributed by atoms with Gasteiger partial charge in [-0.1, -0.05) is 13.8 Å². The fourth-order valence-corrected chi connectivity index (χ4v) is 1.67. The van der Waals surface area contributed by atoms with Crippen LogP contribution in [0.5, 0.6) is 0 Å². The highest BCUT2D eigenvalue weighted by molar-refractivity contribution is 5.86. The molecule has 21 heavy (non-hydrogen) atoms. The number of carbonyl (C=O) groups is 2. The van der Waals surface area contributed by atoms with Crippen molar-refractivity contribution in [2.24, 2.45) is 5.92 Å². The van der Waals surface area contributed by atoms with Crippen LogP contribution < -0.4 is 5.32 Å². The van der Waals surface area contributed by atoms with Crippen LogP contribution in [0.1, 0.15) is 47.6 Å². The van der Waals surface area contributed by atoms with Crippen LogP contribution >= 0.6 is 0 Å². The van der Waals surface area contributed by atoms with Crippen LogP contribution in [0.25, 0.3) is 0 Å². The predicted octanol–water partition coefficient (Wildman–Crippen LogP) is 1.32. The van der Waals surface area contributed by atoms with E-state index in [0.717, 1.165) is 0 Å². The highest BCUT2D eigenvalue weighted by Gasteiger charge is 2.30. The lowest BCUT2D eigenvalue weighted by atomic mass is 10.0. The minimum absolute atomic E-state index is 0.0771. The average molecular weight is 296 g/mol. The number of hydrogen-bond acceptors (Lipinski definition) is 5. The molecule has 1 N–H and O–H groups in total. The third-order valence-corrected chi connectivity index (χ3v) is 2.84. The maximum absolute atomic E-state index is 12.2. The molecule has 7 heteroatoms. The minimum atomic E-state index is -0.692. The zero-order valence-corrected chi connectivity index (χ0v) is 13.5. The molecule has 118 valence electrons. The van der Waals surface area contributed by atoms with E-state index in [4.69, 9.17) is 4.74 Å². The third-order valence-electron chi connectivity index (χ3n) is 2.84. The Morgan fingerprint density at radius 1 is 1.24 bits per heavy atom. The van der Waals surface area contributed by atoms with Crippen LogP contribution in [0.15, 0.2) is 12.7 Å². The van der Waals surface area contributed by atoms with E-state index in [-0.39, 0.29) is 11.8 Å². The van der Waals surface area contributed by atoms with Crippen LogP contribution in [-0.4, -0.2) is 38.3 Å². The van der Waals surface area contributed by atoms with Gasteiger partial charge in [-0.2, -0.15) is 5.10 Å². The predicted molar refractivity (Wildman–Crippen MR) is 77.3 cm³/mol. The fraction of sp³-hybridized carbons (Fsp3) is 0.714. The van der Waals surface area contributed by atoms with Gasteiger partial charge in [0.1, 0.15) is 30.3 Å². The second kappa shape index (κ2) is 6.69. The largest absolute Gasteiger partial charge is 0.458 e. The molecule has 7 nitrogen and oxygen atoms in total. The maximum Gasteiger partial charge on any atom is 0.329 e. The molecule has 0 radical (unpaired) electrons. The number of nitrogens with zero attached hydrogens (tertiary/aromatic N) is 3. The normalized spacial score (nSPS) is 14.6. The van der Waals surface area contributed by atoms with E-state index in [0.29, 0.717) is 0 Å². The number of carbonyl (C=O) groups excluding carboxylic acids is 2. The first kappa shape index (κ1) is 17.1. The summed E-state index contributed by atoms with van der Waals surface area (Å²) in [6, 6.07) is -1.24. The van der Waals surface area contributed by atoms with Crippen molar-refractivity contribution in [3.63, 3.8) is 0 Å². The zero-order valence-electron chi connectivity index (χ0n) is 13.5. The minimum Gasteiger partial charge on any atom is -0.458 e. The van der Waals surface area contributed by atoms with E-state index < -0.39 is 23.7 Å². The molecule has 1 unspecified atom stereocenters. The van der Waals surface area contributed by atoms with Crippen molar-refractivity contribution in [3.8, 4) is 0 Å². The number of aromatic nitrogens is 3. The smallest absolute Gasteiger partial charge is 0.329 e. The molecule has 0 aliphatic heterocycles. The number of nitrogens with one attached hydrogen (secondary N) is 1. The molecular formula is C14H24N4O3. The molecule has 2 atom stereocenters. The van der Waals surface area contributed by atoms with E-state index >= 15 is 0 Å². The number of hydrogen-bond donors (Lipinski definition) is 1. The molecule has 0 aliphatic rings. The van der Waals surface area contributed by atoms with Gasteiger partial charge in [-0.3, -0.25) is 4.79 Å². The van der Waals surface area contributed by atoms with Crippen LogP contribution in [0.3, 0.4) is 0 Å². The molecule has 0 aromatic carbocycles. The Kier molecular flexibility index (Phi) is 5.46. The number of rotatable bonds is 5. The molecule has 0 bridgehead atoms. The summed E-state index contributed by atoms with van der Waals surface area (Å²) in [6.07, 6.45) is 2.82. The van der Waals surface area contributed by atoms with Crippen LogP contribution in [0, 0.1) is 5.92 Å². The van der Waals surface area contributed by atoms with E-state index in [9.17, 15) is 9.59 Å². The Labute approximate surface area is 125 Å². The molecule has 1 rings (SSSR count). The number of amides is 1. The van der Waals surface area contributed by atoms with Crippen molar-refractivity contribution in [3.05, 3.63) is 12.7 Å². The summed E-state index contributed by atoms with van der Waals surface area (Å²) in [5.41, 5.74) is -0.591. The van der Waals surface area contributed by atoms with Crippen molar-refractivity contribution in [2.75, 3.05) is 0 Å². The summed E-state index contributed by atoms with van der Waals surface area (Å²) in [5.74, 6) is -0.812. The summed E-state index contributed by atoms with van der Waals surface area (Å²) in [6.45, 7) is 10.8. The summed E-state index contributed by atoms with van der Waals surface area (Å²) in [4.78, 5) is 28.2. The van der Waals surface area contributed by atoms with Gasteiger partial charge < -0.3 is 10.1 Å². The van der Waals surface area contributed by atoms with Gasteiger partial charge in [0.15, 0.2) is 0 Å². The Hall–Kier alpha value is -1.92. The quantitative estimate of drug-likeness (QED) is 0.828. The summed E-state index contributed by atoms with van der Waals surface area (Å²) in [7, 11) is 0. The molecule has 1 aromatic rings. The number of ether oxygens (including phenoxy) is 1. The van der Waals surface area contributed by atoms with Crippen LogP contribution in [-0.2, 0) is 14.3 Å². The van der Waals surface area contributed by atoms with Crippen LogP contribution in [0.4, 0.5) is 0 Å². The van der Waals surface area contributed by atoms with E-state index in [2.05, 4.69) is 15.4 Å². The van der Waals surface area contributed by atoms with Crippen molar-refractivity contribution < 1.29 is 14.3 Å². The molecule has 0 saturated heterocycles. The average Bonchev–Trinajstić information content (AvgIpc) is 2.85. The van der Waals surface area contributed by atoms with Gasteiger partial charge in [-0.05, 0) is 33.6 Å². The standard InChI is InChI=1S/C14H24N4O3/c1-9(2)11(13(20)21-14(4,5)6)17-12(19)10(3)18-8-15-7-16-18/h7-11H,1-6H3,(H,17,19)/t10?,11-/m1/s1. The summed E-state index contributed by atoms with van der Waals surface area (Å²) >= 11 is 0. The van der Waals surface area contributed by atoms with Gasteiger partial charge in [0.05, 0.1) is 0 Å². The first-order valence-corrected chi connectivity index (χ1v) is 6.99. The molecule has 0 fully saturated rings. The monoisotopic (exact) mass is 296 g/mol. The lowest BCUT2D eigenvalue weighted by Gasteiger charge is -2.27. The molecule has 0 saturated carbocycles. The maximum atomic E-state index is 12.2. The van der Waals surface area contributed by atoms with Crippen LogP contribution in [0.2, 0.25) is 0 Å². The Morgan fingerprint density at radius 2 is 1.86 bits per heavy atom. The summed E-state index contributed by atoms with van der Waals surface area (Å²) < 4.78 is 6.78. The van der Waals surface area contributed by atoms with Gasteiger partial charge in [0.25, 0.3) is 0 Å². The van der Waals surface area contributed by atoms with Crippen molar-refractivity contribution >= 4 is 11.9 Å². The Balaban J connectivity index is 2.74.